The summed E-state index contributed by atoms with van der Waals surface area (Å²) in [5.41, 5.74) is 2.05. The molecular formula is C13H13ClN4S. The Kier molecular flexibility index (Phi) is 3.75. The summed E-state index contributed by atoms with van der Waals surface area (Å²) in [5, 5.41) is 3.15. The monoisotopic (exact) mass is 292 g/mol. The van der Waals surface area contributed by atoms with Crippen LogP contribution in [0.3, 0.4) is 0 Å². The molecule has 0 amide bonds. The standard InChI is InChI=1S/C13H13ClN4S/c14-4-1-12-17-10-9-15-5-2-11(10)18(12)7-3-13-16-6-8-19-13/h2,5-6,8-9H,1,3-4,7H2. The van der Waals surface area contributed by atoms with Crippen molar-refractivity contribution < 1.29 is 0 Å². The molecule has 0 aromatic carbocycles. The number of aromatic nitrogens is 4. The molecule has 0 aliphatic carbocycles. The average Bonchev–Trinajstić information content (AvgIpc) is 3.04. The number of aryl methyl sites for hydroxylation is 3. The van der Waals surface area contributed by atoms with Gasteiger partial charge >= 0.3 is 0 Å². The maximum Gasteiger partial charge on any atom is 0.111 e. The lowest BCUT2D eigenvalue weighted by Gasteiger charge is -2.07. The topological polar surface area (TPSA) is 43.6 Å². The van der Waals surface area contributed by atoms with Crippen molar-refractivity contribution in [2.75, 3.05) is 5.88 Å². The first-order valence-corrected chi connectivity index (χ1v) is 7.53. The van der Waals surface area contributed by atoms with E-state index in [9.17, 15) is 0 Å². The number of thiazole rings is 1. The average molecular weight is 293 g/mol. The van der Waals surface area contributed by atoms with Gasteiger partial charge in [-0.05, 0) is 6.07 Å². The number of alkyl halides is 1. The minimum Gasteiger partial charge on any atom is -0.327 e. The second kappa shape index (κ2) is 5.67. The summed E-state index contributed by atoms with van der Waals surface area (Å²) in [5.74, 6) is 1.60. The summed E-state index contributed by atoms with van der Waals surface area (Å²) < 4.78 is 2.22. The molecule has 0 N–H and O–H groups in total. The summed E-state index contributed by atoms with van der Waals surface area (Å²) in [6.07, 6.45) is 7.13. The van der Waals surface area contributed by atoms with Crippen LogP contribution in [0.25, 0.3) is 11.0 Å². The first-order valence-electron chi connectivity index (χ1n) is 6.12. The van der Waals surface area contributed by atoms with E-state index in [2.05, 4.69) is 19.5 Å². The maximum absolute atomic E-state index is 5.86. The molecule has 6 heteroatoms. The van der Waals surface area contributed by atoms with Crippen molar-refractivity contribution in [3.05, 3.63) is 40.9 Å². The first-order chi connectivity index (χ1) is 9.38. The van der Waals surface area contributed by atoms with Crippen molar-refractivity contribution >= 4 is 34.0 Å². The Bertz CT molecular complexity index is 662. The van der Waals surface area contributed by atoms with Gasteiger partial charge in [0.25, 0.3) is 0 Å². The van der Waals surface area contributed by atoms with Gasteiger partial charge in [-0.3, -0.25) is 4.98 Å². The van der Waals surface area contributed by atoms with Crippen LogP contribution in [-0.2, 0) is 19.4 Å². The molecule has 0 aliphatic rings. The molecule has 98 valence electrons. The van der Waals surface area contributed by atoms with Crippen LogP contribution in [0, 0.1) is 0 Å². The third kappa shape index (κ3) is 2.62. The molecule has 0 unspecified atom stereocenters. The van der Waals surface area contributed by atoms with Crippen molar-refractivity contribution in [3.63, 3.8) is 0 Å². The summed E-state index contributed by atoms with van der Waals surface area (Å²) in [4.78, 5) is 13.0. The number of halogens is 1. The predicted molar refractivity (Wildman–Crippen MR) is 77.8 cm³/mol. The molecule has 0 saturated carbocycles. The molecule has 0 atom stereocenters. The van der Waals surface area contributed by atoms with Crippen LogP contribution < -0.4 is 0 Å². The second-order valence-corrected chi connectivity index (χ2v) is 5.52. The highest BCUT2D eigenvalue weighted by molar-refractivity contribution is 7.09. The van der Waals surface area contributed by atoms with Crippen molar-refractivity contribution in [2.45, 2.75) is 19.4 Å². The van der Waals surface area contributed by atoms with Crippen molar-refractivity contribution in [3.8, 4) is 0 Å². The molecule has 0 spiro atoms. The summed E-state index contributed by atoms with van der Waals surface area (Å²) in [7, 11) is 0. The third-order valence-corrected chi connectivity index (χ3v) is 4.01. The minimum absolute atomic E-state index is 0.577. The van der Waals surface area contributed by atoms with Gasteiger partial charge in [-0.25, -0.2) is 9.97 Å². The van der Waals surface area contributed by atoms with Crippen LogP contribution in [0.2, 0.25) is 0 Å². The SMILES string of the molecule is ClCCc1nc2cnccc2n1CCc1nccs1. The van der Waals surface area contributed by atoms with E-state index < -0.39 is 0 Å². The smallest absolute Gasteiger partial charge is 0.111 e. The predicted octanol–water partition coefficient (Wildman–Crippen LogP) is 2.91. The number of hydrogen-bond acceptors (Lipinski definition) is 4. The van der Waals surface area contributed by atoms with Crippen molar-refractivity contribution in [2.24, 2.45) is 0 Å². The highest BCUT2D eigenvalue weighted by Crippen LogP contribution is 2.17. The van der Waals surface area contributed by atoms with E-state index in [1.165, 1.54) is 0 Å². The van der Waals surface area contributed by atoms with Crippen LogP contribution in [0.1, 0.15) is 10.8 Å². The molecule has 0 bridgehead atoms. The Labute approximate surface area is 120 Å². The van der Waals surface area contributed by atoms with Gasteiger partial charge in [0, 0.05) is 43.0 Å². The van der Waals surface area contributed by atoms with Crippen LogP contribution >= 0.6 is 22.9 Å². The third-order valence-electron chi connectivity index (χ3n) is 2.98. The van der Waals surface area contributed by atoms with Crippen LogP contribution in [-0.4, -0.2) is 25.4 Å². The second-order valence-electron chi connectivity index (χ2n) is 4.16. The fraction of sp³-hybridized carbons (Fsp3) is 0.308. The largest absolute Gasteiger partial charge is 0.327 e. The molecule has 3 aromatic heterocycles. The Morgan fingerprint density at radius 3 is 3.00 bits per heavy atom. The molecule has 3 rings (SSSR count). The van der Waals surface area contributed by atoms with Gasteiger partial charge in [-0.1, -0.05) is 0 Å². The number of hydrogen-bond donors (Lipinski definition) is 0. The molecular weight excluding hydrogens is 280 g/mol. The number of imidazole rings is 1. The van der Waals surface area contributed by atoms with Crippen LogP contribution in [0.4, 0.5) is 0 Å². The first kappa shape index (κ1) is 12.6. The number of rotatable bonds is 5. The lowest BCUT2D eigenvalue weighted by atomic mass is 10.3. The molecule has 0 saturated heterocycles. The molecule has 0 fully saturated rings. The number of nitrogens with zero attached hydrogens (tertiary/aromatic N) is 4. The number of fused-ring (bicyclic) bond motifs is 1. The molecule has 0 radical (unpaired) electrons. The fourth-order valence-electron chi connectivity index (χ4n) is 2.14. The Morgan fingerprint density at radius 1 is 1.26 bits per heavy atom. The van der Waals surface area contributed by atoms with E-state index in [-0.39, 0.29) is 0 Å². The van der Waals surface area contributed by atoms with E-state index in [1.807, 2.05) is 17.6 Å². The van der Waals surface area contributed by atoms with Gasteiger partial charge in [0.1, 0.15) is 11.3 Å². The zero-order valence-corrected chi connectivity index (χ0v) is 11.9. The van der Waals surface area contributed by atoms with Gasteiger partial charge in [-0.2, -0.15) is 0 Å². The van der Waals surface area contributed by atoms with E-state index in [0.29, 0.717) is 5.88 Å². The van der Waals surface area contributed by atoms with Crippen molar-refractivity contribution in [1.82, 2.24) is 19.5 Å². The number of pyridine rings is 1. The molecule has 19 heavy (non-hydrogen) atoms. The Morgan fingerprint density at radius 2 is 2.21 bits per heavy atom. The van der Waals surface area contributed by atoms with E-state index in [0.717, 1.165) is 41.3 Å². The Hall–Kier alpha value is -1.46. The zero-order valence-electron chi connectivity index (χ0n) is 10.3. The normalized spacial score (nSPS) is 11.2. The lowest BCUT2D eigenvalue weighted by molar-refractivity contribution is 0.673. The van der Waals surface area contributed by atoms with E-state index >= 15 is 0 Å². The van der Waals surface area contributed by atoms with Gasteiger partial charge in [0.05, 0.1) is 16.7 Å². The van der Waals surface area contributed by atoms with Crippen molar-refractivity contribution in [1.29, 1.82) is 0 Å². The molecule has 3 aromatic rings. The minimum atomic E-state index is 0.577. The molecule has 3 heterocycles. The fourth-order valence-corrected chi connectivity index (χ4v) is 2.92. The summed E-state index contributed by atoms with van der Waals surface area (Å²) in [6, 6.07) is 2.00. The highest BCUT2D eigenvalue weighted by atomic mass is 35.5. The quantitative estimate of drug-likeness (QED) is 0.679. The summed E-state index contributed by atoms with van der Waals surface area (Å²) >= 11 is 7.54. The van der Waals surface area contributed by atoms with Gasteiger partial charge in [0.2, 0.25) is 0 Å². The summed E-state index contributed by atoms with van der Waals surface area (Å²) in [6.45, 7) is 0.875. The lowest BCUT2D eigenvalue weighted by Crippen LogP contribution is -2.07. The Balaban J connectivity index is 1.92. The van der Waals surface area contributed by atoms with Crippen LogP contribution in [0.15, 0.2) is 30.0 Å². The van der Waals surface area contributed by atoms with Gasteiger partial charge in [-0.15, -0.1) is 22.9 Å². The van der Waals surface area contributed by atoms with Gasteiger partial charge in [0.15, 0.2) is 0 Å². The maximum atomic E-state index is 5.86. The van der Waals surface area contributed by atoms with E-state index in [1.54, 1.807) is 23.7 Å². The zero-order chi connectivity index (χ0) is 13.1. The van der Waals surface area contributed by atoms with Crippen LogP contribution in [0.5, 0.6) is 0 Å². The van der Waals surface area contributed by atoms with Gasteiger partial charge < -0.3 is 4.57 Å². The molecule has 0 aliphatic heterocycles. The van der Waals surface area contributed by atoms with E-state index in [4.69, 9.17) is 11.6 Å². The molecule has 4 nitrogen and oxygen atoms in total. The highest BCUT2D eigenvalue weighted by Gasteiger charge is 2.10.